The van der Waals surface area contributed by atoms with Crippen LogP contribution in [0, 0.1) is 0 Å². The highest BCUT2D eigenvalue weighted by atomic mass is 16.5. The Balaban J connectivity index is 2.08. The number of aromatic nitrogens is 2. The van der Waals surface area contributed by atoms with Gasteiger partial charge in [0.25, 0.3) is 0 Å². The van der Waals surface area contributed by atoms with Crippen LogP contribution in [0.4, 0.5) is 0 Å². The van der Waals surface area contributed by atoms with Crippen LogP contribution in [-0.2, 0) is 13.0 Å². The lowest BCUT2D eigenvalue weighted by molar-refractivity contribution is 0.150. The molecule has 2 aromatic heterocycles. The third-order valence-electron chi connectivity index (χ3n) is 3.06. The Hall–Kier alpha value is -1.75. The molecule has 2 aromatic rings. The molecular formula is C14H20N2O3. The first-order valence-corrected chi connectivity index (χ1v) is 6.56. The quantitative estimate of drug-likeness (QED) is 0.835. The molecule has 0 aliphatic carbocycles. The van der Waals surface area contributed by atoms with Crippen molar-refractivity contribution in [3.8, 4) is 5.75 Å². The van der Waals surface area contributed by atoms with Crippen molar-refractivity contribution in [2.45, 2.75) is 38.8 Å². The highest BCUT2D eigenvalue weighted by Gasteiger charge is 2.19. The molecule has 0 fully saturated rings. The molecule has 0 saturated carbocycles. The second-order valence-corrected chi connectivity index (χ2v) is 4.46. The van der Waals surface area contributed by atoms with E-state index in [0.717, 1.165) is 24.4 Å². The molecule has 1 N–H and O–H groups in total. The molecule has 0 aliphatic rings. The van der Waals surface area contributed by atoms with Crippen molar-refractivity contribution < 1.29 is 14.3 Å². The summed E-state index contributed by atoms with van der Waals surface area (Å²) in [5.74, 6) is 1.51. The molecule has 1 atom stereocenters. The smallest absolute Gasteiger partial charge is 0.162 e. The maximum absolute atomic E-state index is 10.3. The van der Waals surface area contributed by atoms with Gasteiger partial charge in [-0.3, -0.25) is 4.68 Å². The van der Waals surface area contributed by atoms with Crippen molar-refractivity contribution in [2.24, 2.45) is 0 Å². The maximum Gasteiger partial charge on any atom is 0.162 e. The monoisotopic (exact) mass is 264 g/mol. The second kappa shape index (κ2) is 6.43. The first-order chi connectivity index (χ1) is 9.26. The van der Waals surface area contributed by atoms with Crippen LogP contribution >= 0.6 is 0 Å². The summed E-state index contributed by atoms with van der Waals surface area (Å²) in [5, 5.41) is 14.6. The average molecular weight is 264 g/mol. The van der Waals surface area contributed by atoms with E-state index < -0.39 is 6.10 Å². The zero-order valence-electron chi connectivity index (χ0n) is 11.4. The van der Waals surface area contributed by atoms with Gasteiger partial charge in [-0.05, 0) is 25.0 Å². The first-order valence-electron chi connectivity index (χ1n) is 6.56. The van der Waals surface area contributed by atoms with Gasteiger partial charge in [0.1, 0.15) is 11.5 Å². The van der Waals surface area contributed by atoms with Crippen molar-refractivity contribution >= 4 is 0 Å². The number of aliphatic hydroxyl groups is 1. The summed E-state index contributed by atoms with van der Waals surface area (Å²) < 4.78 is 12.3. The highest BCUT2D eigenvalue weighted by Crippen LogP contribution is 2.28. The Bertz CT molecular complexity index is 491. The van der Waals surface area contributed by atoms with E-state index in [2.05, 4.69) is 12.0 Å². The average Bonchev–Trinajstić information content (AvgIpc) is 3.05. The molecule has 0 amide bonds. The fourth-order valence-electron chi connectivity index (χ4n) is 2.13. The SMILES string of the molecule is CCCn1ncc(OC)c1C(O)CCc1ccco1. The molecular weight excluding hydrogens is 244 g/mol. The van der Waals surface area contributed by atoms with E-state index in [1.54, 1.807) is 19.6 Å². The van der Waals surface area contributed by atoms with E-state index in [4.69, 9.17) is 9.15 Å². The Morgan fingerprint density at radius 3 is 3.00 bits per heavy atom. The number of hydrogen-bond acceptors (Lipinski definition) is 4. The molecule has 5 nitrogen and oxygen atoms in total. The zero-order valence-corrected chi connectivity index (χ0v) is 11.4. The van der Waals surface area contributed by atoms with E-state index in [1.807, 2.05) is 16.8 Å². The van der Waals surface area contributed by atoms with Crippen LogP contribution in [0.5, 0.6) is 5.75 Å². The minimum Gasteiger partial charge on any atom is -0.493 e. The molecule has 0 bridgehead atoms. The summed E-state index contributed by atoms with van der Waals surface area (Å²) in [6, 6.07) is 3.76. The van der Waals surface area contributed by atoms with Crippen LogP contribution in [0.25, 0.3) is 0 Å². The number of rotatable bonds is 7. The van der Waals surface area contributed by atoms with Gasteiger partial charge in [-0.1, -0.05) is 6.92 Å². The van der Waals surface area contributed by atoms with Crippen molar-refractivity contribution in [3.63, 3.8) is 0 Å². The molecule has 19 heavy (non-hydrogen) atoms. The summed E-state index contributed by atoms with van der Waals surface area (Å²) in [5.41, 5.74) is 0.746. The fraction of sp³-hybridized carbons (Fsp3) is 0.500. The normalized spacial score (nSPS) is 12.6. The van der Waals surface area contributed by atoms with Gasteiger partial charge >= 0.3 is 0 Å². The number of furan rings is 1. The van der Waals surface area contributed by atoms with Gasteiger partial charge in [0.15, 0.2) is 5.75 Å². The number of methoxy groups -OCH3 is 1. The van der Waals surface area contributed by atoms with Crippen LogP contribution in [0.3, 0.4) is 0 Å². The molecule has 104 valence electrons. The summed E-state index contributed by atoms with van der Waals surface area (Å²) in [7, 11) is 1.59. The van der Waals surface area contributed by atoms with E-state index in [1.165, 1.54) is 0 Å². The topological polar surface area (TPSA) is 60.4 Å². The molecule has 0 spiro atoms. The van der Waals surface area contributed by atoms with Crippen LogP contribution in [0.2, 0.25) is 0 Å². The summed E-state index contributed by atoms with van der Waals surface area (Å²) in [6.07, 6.45) is 4.93. The number of aliphatic hydroxyl groups excluding tert-OH is 1. The van der Waals surface area contributed by atoms with Crippen LogP contribution in [0.1, 0.15) is 37.3 Å². The minimum atomic E-state index is -0.603. The van der Waals surface area contributed by atoms with Crippen LogP contribution < -0.4 is 4.74 Å². The van der Waals surface area contributed by atoms with Gasteiger partial charge in [0, 0.05) is 13.0 Å². The van der Waals surface area contributed by atoms with E-state index >= 15 is 0 Å². The molecule has 1 unspecified atom stereocenters. The van der Waals surface area contributed by atoms with Gasteiger partial charge in [-0.15, -0.1) is 0 Å². The maximum atomic E-state index is 10.3. The Morgan fingerprint density at radius 1 is 1.53 bits per heavy atom. The van der Waals surface area contributed by atoms with Crippen molar-refractivity contribution in [3.05, 3.63) is 36.0 Å². The number of aryl methyl sites for hydroxylation is 2. The van der Waals surface area contributed by atoms with Gasteiger partial charge < -0.3 is 14.3 Å². The molecule has 2 rings (SSSR count). The third kappa shape index (κ3) is 3.17. The Morgan fingerprint density at radius 2 is 2.37 bits per heavy atom. The van der Waals surface area contributed by atoms with Crippen LogP contribution in [0.15, 0.2) is 29.0 Å². The number of nitrogens with zero attached hydrogens (tertiary/aromatic N) is 2. The molecule has 0 radical (unpaired) electrons. The van der Waals surface area contributed by atoms with Crippen molar-refractivity contribution in [1.82, 2.24) is 9.78 Å². The first kappa shape index (κ1) is 13.7. The van der Waals surface area contributed by atoms with E-state index in [-0.39, 0.29) is 0 Å². The van der Waals surface area contributed by atoms with Gasteiger partial charge in [-0.25, -0.2) is 0 Å². The molecule has 0 saturated heterocycles. The van der Waals surface area contributed by atoms with Crippen molar-refractivity contribution in [2.75, 3.05) is 7.11 Å². The lowest BCUT2D eigenvalue weighted by Gasteiger charge is -2.14. The molecule has 0 aromatic carbocycles. The molecule has 5 heteroatoms. The van der Waals surface area contributed by atoms with Gasteiger partial charge in [0.2, 0.25) is 0 Å². The summed E-state index contributed by atoms with van der Waals surface area (Å²) >= 11 is 0. The standard InChI is InChI=1S/C14H20N2O3/c1-3-8-16-14(13(18-2)10-15-16)12(17)7-6-11-5-4-9-19-11/h4-5,9-10,12,17H,3,6-8H2,1-2H3. The van der Waals surface area contributed by atoms with E-state index in [9.17, 15) is 5.11 Å². The predicted molar refractivity (Wildman–Crippen MR) is 71.1 cm³/mol. The Labute approximate surface area is 112 Å². The predicted octanol–water partition coefficient (Wildman–Crippen LogP) is 2.56. The van der Waals surface area contributed by atoms with Gasteiger partial charge in [0.05, 0.1) is 25.7 Å². The van der Waals surface area contributed by atoms with Crippen molar-refractivity contribution in [1.29, 1.82) is 0 Å². The summed E-state index contributed by atoms with van der Waals surface area (Å²) in [6.45, 7) is 2.85. The summed E-state index contributed by atoms with van der Waals surface area (Å²) in [4.78, 5) is 0. The number of ether oxygens (including phenoxy) is 1. The zero-order chi connectivity index (χ0) is 13.7. The lowest BCUT2D eigenvalue weighted by atomic mass is 10.1. The third-order valence-corrected chi connectivity index (χ3v) is 3.06. The molecule has 0 aliphatic heterocycles. The van der Waals surface area contributed by atoms with Gasteiger partial charge in [-0.2, -0.15) is 5.10 Å². The second-order valence-electron chi connectivity index (χ2n) is 4.46. The number of hydrogen-bond donors (Lipinski definition) is 1. The largest absolute Gasteiger partial charge is 0.493 e. The van der Waals surface area contributed by atoms with Crippen LogP contribution in [-0.4, -0.2) is 22.0 Å². The highest BCUT2D eigenvalue weighted by molar-refractivity contribution is 5.27. The lowest BCUT2D eigenvalue weighted by Crippen LogP contribution is -2.11. The fourth-order valence-corrected chi connectivity index (χ4v) is 2.13. The minimum absolute atomic E-state index is 0.583. The Kier molecular flexibility index (Phi) is 4.63. The molecule has 2 heterocycles. The van der Waals surface area contributed by atoms with E-state index in [0.29, 0.717) is 18.6 Å².